The third-order valence-corrected chi connectivity index (χ3v) is 4.77. The summed E-state index contributed by atoms with van der Waals surface area (Å²) in [6.07, 6.45) is 5.16. The Morgan fingerprint density at radius 3 is 2.27 bits per heavy atom. The zero-order valence-corrected chi connectivity index (χ0v) is 18.2. The zero-order chi connectivity index (χ0) is 21.9. The monoisotopic (exact) mass is 409 g/mol. The standard InChI is InChI=1S/C24H27NO5/c1-15-14-24(2,3)25-19-9-8-17(13-18(15)19)30-22(26)10-7-16-11-20(27-4)23(29-6)21(12-16)28-5/h7-14,25H,1-6H3. The minimum absolute atomic E-state index is 0.113. The van der Waals surface area contributed by atoms with Crippen molar-refractivity contribution >= 4 is 23.3 Å². The summed E-state index contributed by atoms with van der Waals surface area (Å²) >= 11 is 0. The highest BCUT2D eigenvalue weighted by Crippen LogP contribution is 2.39. The Bertz CT molecular complexity index is 995. The number of allylic oxidation sites excluding steroid dienone is 1. The maximum Gasteiger partial charge on any atom is 0.336 e. The maximum atomic E-state index is 12.3. The highest BCUT2D eigenvalue weighted by Gasteiger charge is 2.22. The summed E-state index contributed by atoms with van der Waals surface area (Å²) in [6, 6.07) is 9.09. The van der Waals surface area contributed by atoms with Crippen molar-refractivity contribution in [3.8, 4) is 23.0 Å². The number of benzene rings is 2. The molecule has 0 amide bonds. The molecular weight excluding hydrogens is 382 g/mol. The summed E-state index contributed by atoms with van der Waals surface area (Å²) in [6.45, 7) is 6.28. The Kier molecular flexibility index (Phi) is 6.06. The third kappa shape index (κ3) is 4.59. The molecule has 0 fully saturated rings. The van der Waals surface area contributed by atoms with Gasteiger partial charge in [0.25, 0.3) is 0 Å². The molecule has 0 saturated heterocycles. The Hall–Kier alpha value is -3.41. The van der Waals surface area contributed by atoms with Crippen molar-refractivity contribution in [2.75, 3.05) is 26.6 Å². The van der Waals surface area contributed by atoms with Crippen LogP contribution in [0.15, 0.2) is 42.5 Å². The Balaban J connectivity index is 1.77. The van der Waals surface area contributed by atoms with Crippen LogP contribution in [0.2, 0.25) is 0 Å². The Morgan fingerprint density at radius 2 is 1.67 bits per heavy atom. The molecule has 0 unspecified atom stereocenters. The van der Waals surface area contributed by atoms with E-state index in [0.29, 0.717) is 23.0 Å². The van der Waals surface area contributed by atoms with E-state index in [1.807, 2.05) is 12.1 Å². The number of methoxy groups -OCH3 is 3. The lowest BCUT2D eigenvalue weighted by atomic mass is 9.91. The van der Waals surface area contributed by atoms with Crippen LogP contribution in [0, 0.1) is 0 Å². The van der Waals surface area contributed by atoms with E-state index in [1.54, 1.807) is 45.6 Å². The van der Waals surface area contributed by atoms with Crippen molar-refractivity contribution < 1.29 is 23.7 Å². The average Bonchev–Trinajstić information content (AvgIpc) is 2.71. The van der Waals surface area contributed by atoms with E-state index in [9.17, 15) is 4.79 Å². The van der Waals surface area contributed by atoms with Gasteiger partial charge in [-0.1, -0.05) is 6.08 Å². The van der Waals surface area contributed by atoms with Gasteiger partial charge in [0.05, 0.1) is 26.9 Å². The van der Waals surface area contributed by atoms with Crippen molar-refractivity contribution in [1.29, 1.82) is 0 Å². The van der Waals surface area contributed by atoms with Crippen LogP contribution in [-0.4, -0.2) is 32.8 Å². The number of ether oxygens (including phenoxy) is 4. The van der Waals surface area contributed by atoms with Crippen molar-refractivity contribution in [3.05, 3.63) is 53.6 Å². The minimum Gasteiger partial charge on any atom is -0.493 e. The summed E-state index contributed by atoms with van der Waals surface area (Å²) in [5.74, 6) is 1.53. The van der Waals surface area contributed by atoms with Crippen LogP contribution in [0.3, 0.4) is 0 Å². The zero-order valence-electron chi connectivity index (χ0n) is 18.2. The molecule has 0 saturated carbocycles. The van der Waals surface area contributed by atoms with Gasteiger partial charge in [0.15, 0.2) is 11.5 Å². The Labute approximate surface area is 177 Å². The molecule has 0 bridgehead atoms. The number of nitrogens with one attached hydrogen (secondary N) is 1. The summed E-state index contributed by atoms with van der Waals surface area (Å²) < 4.78 is 21.5. The van der Waals surface area contributed by atoms with Gasteiger partial charge < -0.3 is 24.3 Å². The maximum absolute atomic E-state index is 12.3. The van der Waals surface area contributed by atoms with Gasteiger partial charge in [0.2, 0.25) is 5.75 Å². The summed E-state index contributed by atoms with van der Waals surface area (Å²) in [5.41, 5.74) is 3.79. The van der Waals surface area contributed by atoms with Crippen molar-refractivity contribution in [2.24, 2.45) is 0 Å². The van der Waals surface area contributed by atoms with Crippen LogP contribution in [0.5, 0.6) is 23.0 Å². The number of fused-ring (bicyclic) bond motifs is 1. The van der Waals surface area contributed by atoms with Crippen LogP contribution in [-0.2, 0) is 4.79 Å². The van der Waals surface area contributed by atoms with Crippen molar-refractivity contribution in [2.45, 2.75) is 26.3 Å². The number of rotatable bonds is 6. The molecule has 30 heavy (non-hydrogen) atoms. The number of hydrogen-bond acceptors (Lipinski definition) is 6. The first-order valence-electron chi connectivity index (χ1n) is 9.58. The molecular formula is C24H27NO5. The molecule has 0 spiro atoms. The fraction of sp³-hybridized carbons (Fsp3) is 0.292. The van der Waals surface area contributed by atoms with Gasteiger partial charge >= 0.3 is 5.97 Å². The van der Waals surface area contributed by atoms with Crippen LogP contribution < -0.4 is 24.3 Å². The fourth-order valence-electron chi connectivity index (χ4n) is 3.54. The number of carbonyl (C=O) groups excluding carboxylic acids is 1. The van der Waals surface area contributed by atoms with Gasteiger partial charge in [-0.3, -0.25) is 0 Å². The minimum atomic E-state index is -0.477. The molecule has 1 N–H and O–H groups in total. The number of hydrogen-bond donors (Lipinski definition) is 1. The molecule has 3 rings (SSSR count). The second-order valence-electron chi connectivity index (χ2n) is 7.59. The summed E-state index contributed by atoms with van der Waals surface area (Å²) in [5, 5.41) is 3.46. The van der Waals surface area contributed by atoms with Crippen molar-refractivity contribution in [3.63, 3.8) is 0 Å². The predicted molar refractivity (Wildman–Crippen MR) is 119 cm³/mol. The van der Waals surface area contributed by atoms with Gasteiger partial charge in [0, 0.05) is 17.3 Å². The number of esters is 1. The molecule has 1 aliphatic heterocycles. The van der Waals surface area contributed by atoms with Gasteiger partial charge in [-0.15, -0.1) is 0 Å². The molecule has 2 aromatic carbocycles. The normalized spacial score (nSPS) is 14.4. The lowest BCUT2D eigenvalue weighted by Gasteiger charge is -2.31. The first-order chi connectivity index (χ1) is 14.3. The lowest BCUT2D eigenvalue weighted by Crippen LogP contribution is -2.31. The first kappa shape index (κ1) is 21.3. The lowest BCUT2D eigenvalue weighted by molar-refractivity contribution is -0.128. The largest absolute Gasteiger partial charge is 0.493 e. The second-order valence-corrected chi connectivity index (χ2v) is 7.59. The molecule has 6 nitrogen and oxygen atoms in total. The molecule has 0 aliphatic carbocycles. The van der Waals surface area contributed by atoms with Crippen molar-refractivity contribution in [1.82, 2.24) is 0 Å². The summed E-state index contributed by atoms with van der Waals surface area (Å²) in [7, 11) is 4.63. The smallest absolute Gasteiger partial charge is 0.336 e. The van der Waals surface area contributed by atoms with E-state index in [-0.39, 0.29) is 5.54 Å². The van der Waals surface area contributed by atoms with E-state index in [4.69, 9.17) is 18.9 Å². The highest BCUT2D eigenvalue weighted by atomic mass is 16.5. The molecule has 0 radical (unpaired) electrons. The summed E-state index contributed by atoms with van der Waals surface area (Å²) in [4.78, 5) is 12.3. The molecule has 0 atom stereocenters. The predicted octanol–water partition coefficient (Wildman–Crippen LogP) is 4.94. The molecule has 2 aromatic rings. The highest BCUT2D eigenvalue weighted by molar-refractivity contribution is 5.89. The van der Waals surface area contributed by atoms with Crippen LogP contribution in [0.25, 0.3) is 11.6 Å². The van der Waals surface area contributed by atoms with E-state index < -0.39 is 5.97 Å². The van der Waals surface area contributed by atoms with Crippen LogP contribution >= 0.6 is 0 Å². The fourth-order valence-corrected chi connectivity index (χ4v) is 3.54. The van der Waals surface area contributed by atoms with Gasteiger partial charge in [-0.05, 0) is 68.3 Å². The van der Waals surface area contributed by atoms with E-state index in [1.165, 1.54) is 6.08 Å². The SMILES string of the molecule is COc1cc(C=CC(=O)Oc2ccc3c(c2)C(C)=CC(C)(C)N3)cc(OC)c1OC. The number of carbonyl (C=O) groups is 1. The van der Waals surface area contributed by atoms with E-state index in [0.717, 1.165) is 22.4 Å². The van der Waals surface area contributed by atoms with Gasteiger partial charge in [-0.25, -0.2) is 4.79 Å². The second kappa shape index (κ2) is 8.53. The Morgan fingerprint density at radius 1 is 1.00 bits per heavy atom. The van der Waals surface area contributed by atoms with Gasteiger partial charge in [-0.2, -0.15) is 0 Å². The molecule has 0 aromatic heterocycles. The quantitative estimate of drug-likeness (QED) is 0.414. The molecule has 158 valence electrons. The molecule has 6 heteroatoms. The topological polar surface area (TPSA) is 66.0 Å². The van der Waals surface area contributed by atoms with E-state index in [2.05, 4.69) is 32.2 Å². The first-order valence-corrected chi connectivity index (χ1v) is 9.58. The molecule has 1 aliphatic rings. The van der Waals surface area contributed by atoms with Gasteiger partial charge in [0.1, 0.15) is 5.75 Å². The molecule has 1 heterocycles. The number of anilines is 1. The average molecular weight is 409 g/mol. The third-order valence-electron chi connectivity index (χ3n) is 4.77. The van der Waals surface area contributed by atoms with Crippen LogP contribution in [0.4, 0.5) is 5.69 Å². The van der Waals surface area contributed by atoms with E-state index >= 15 is 0 Å². The van der Waals surface area contributed by atoms with Crippen LogP contribution in [0.1, 0.15) is 31.9 Å².